The molecule has 0 bridgehead atoms. The number of aryl methyl sites for hydroxylation is 1. The molecule has 0 aliphatic carbocycles. The maximum atomic E-state index is 13.1. The van der Waals surface area contributed by atoms with E-state index < -0.39 is 12.8 Å². The number of ether oxygens (including phenoxy) is 1. The van der Waals surface area contributed by atoms with E-state index in [4.69, 9.17) is 16.3 Å². The summed E-state index contributed by atoms with van der Waals surface area (Å²) >= 11 is 9.81. The number of halogens is 3. The number of alkyl halides is 1. The maximum Gasteiger partial charge on any atom is 0.141 e. The number of imidazole rings is 1. The van der Waals surface area contributed by atoms with E-state index in [0.29, 0.717) is 13.2 Å². The van der Waals surface area contributed by atoms with Gasteiger partial charge in [-0.15, -0.1) is 0 Å². The van der Waals surface area contributed by atoms with Gasteiger partial charge in [0.1, 0.15) is 23.2 Å². The first-order valence-electron chi connectivity index (χ1n) is 7.85. The Bertz CT molecular complexity index is 704. The van der Waals surface area contributed by atoms with Gasteiger partial charge in [0, 0.05) is 17.0 Å². The van der Waals surface area contributed by atoms with E-state index in [9.17, 15) is 4.39 Å². The van der Waals surface area contributed by atoms with Gasteiger partial charge in [-0.25, -0.2) is 9.37 Å². The van der Waals surface area contributed by atoms with Crippen molar-refractivity contribution >= 4 is 27.5 Å². The zero-order chi connectivity index (χ0) is 16.4. The van der Waals surface area contributed by atoms with E-state index in [1.165, 1.54) is 0 Å². The normalized spacial score (nSPS) is 17.8. The molecule has 1 aliphatic heterocycles. The summed E-state index contributed by atoms with van der Waals surface area (Å²) in [6.07, 6.45) is 2.26. The highest BCUT2D eigenvalue weighted by Crippen LogP contribution is 2.31. The average molecular weight is 402 g/mol. The standard InChI is InChI=1S/C17H19BrClFN2O/c1-2-3-11-8-12(4-5-14(11)19)17-21-16(18)15-6-7-23-13(9-20)10-22(15)17/h4-5,8,13H,2-3,6-7,9-10H2,1H3/t13-/m1/s1. The lowest BCUT2D eigenvalue weighted by atomic mass is 10.1. The Labute approximate surface area is 148 Å². The maximum absolute atomic E-state index is 13.1. The Morgan fingerprint density at radius 3 is 3.04 bits per heavy atom. The van der Waals surface area contributed by atoms with Gasteiger partial charge in [0.05, 0.1) is 18.8 Å². The van der Waals surface area contributed by atoms with Crippen LogP contribution in [0.1, 0.15) is 24.6 Å². The molecule has 23 heavy (non-hydrogen) atoms. The van der Waals surface area contributed by atoms with Crippen LogP contribution in [0.4, 0.5) is 4.39 Å². The number of hydrogen-bond acceptors (Lipinski definition) is 2. The van der Waals surface area contributed by atoms with Crippen molar-refractivity contribution < 1.29 is 9.13 Å². The van der Waals surface area contributed by atoms with Crippen molar-refractivity contribution in [3.8, 4) is 11.4 Å². The van der Waals surface area contributed by atoms with Crippen LogP contribution in [0.3, 0.4) is 0 Å². The Balaban J connectivity index is 2.05. The summed E-state index contributed by atoms with van der Waals surface area (Å²) < 4.78 is 21.6. The topological polar surface area (TPSA) is 27.1 Å². The van der Waals surface area contributed by atoms with E-state index in [1.807, 2.05) is 12.1 Å². The molecular formula is C17H19BrClFN2O. The molecule has 124 valence electrons. The predicted octanol–water partition coefficient (Wildman–Crippen LogP) is 4.83. The van der Waals surface area contributed by atoms with Gasteiger partial charge in [-0.3, -0.25) is 0 Å². The van der Waals surface area contributed by atoms with Crippen molar-refractivity contribution in [1.82, 2.24) is 9.55 Å². The highest BCUT2D eigenvalue weighted by molar-refractivity contribution is 9.10. The molecule has 2 heterocycles. The van der Waals surface area contributed by atoms with Gasteiger partial charge < -0.3 is 9.30 Å². The molecule has 0 radical (unpaired) electrons. The number of benzene rings is 1. The fourth-order valence-corrected chi connectivity index (χ4v) is 3.75. The monoisotopic (exact) mass is 400 g/mol. The van der Waals surface area contributed by atoms with Gasteiger partial charge in [-0.05, 0) is 46.1 Å². The second kappa shape index (κ2) is 7.32. The smallest absolute Gasteiger partial charge is 0.141 e. The Morgan fingerprint density at radius 2 is 2.30 bits per heavy atom. The van der Waals surface area contributed by atoms with Crippen molar-refractivity contribution in [2.75, 3.05) is 13.3 Å². The van der Waals surface area contributed by atoms with E-state index in [0.717, 1.165) is 51.5 Å². The highest BCUT2D eigenvalue weighted by atomic mass is 79.9. The molecule has 3 rings (SSSR count). The molecule has 0 amide bonds. The fourth-order valence-electron chi connectivity index (χ4n) is 2.96. The zero-order valence-corrected chi connectivity index (χ0v) is 15.3. The minimum atomic E-state index is -0.490. The van der Waals surface area contributed by atoms with Gasteiger partial charge in [0.2, 0.25) is 0 Å². The third kappa shape index (κ3) is 3.47. The molecule has 0 saturated heterocycles. The van der Waals surface area contributed by atoms with Gasteiger partial charge in [0.25, 0.3) is 0 Å². The van der Waals surface area contributed by atoms with E-state index >= 15 is 0 Å². The van der Waals surface area contributed by atoms with E-state index in [1.54, 1.807) is 0 Å². The Morgan fingerprint density at radius 1 is 1.48 bits per heavy atom. The molecule has 2 aromatic rings. The zero-order valence-electron chi connectivity index (χ0n) is 13.0. The summed E-state index contributed by atoms with van der Waals surface area (Å²) in [4.78, 5) is 4.66. The number of fused-ring (bicyclic) bond motifs is 1. The van der Waals surface area contributed by atoms with Crippen LogP contribution in [-0.4, -0.2) is 28.9 Å². The molecule has 0 N–H and O–H groups in total. The minimum Gasteiger partial charge on any atom is -0.373 e. The largest absolute Gasteiger partial charge is 0.373 e. The van der Waals surface area contributed by atoms with Crippen LogP contribution >= 0.6 is 27.5 Å². The molecule has 1 aliphatic rings. The van der Waals surface area contributed by atoms with Crippen LogP contribution in [0.15, 0.2) is 22.8 Å². The molecule has 0 fully saturated rings. The van der Waals surface area contributed by atoms with Crippen molar-refractivity contribution in [2.24, 2.45) is 0 Å². The molecule has 1 aromatic carbocycles. The third-order valence-corrected chi connectivity index (χ3v) is 5.10. The summed E-state index contributed by atoms with van der Waals surface area (Å²) in [5.41, 5.74) is 3.18. The van der Waals surface area contributed by atoms with Gasteiger partial charge >= 0.3 is 0 Å². The average Bonchev–Trinajstić information content (AvgIpc) is 2.74. The first-order chi connectivity index (χ1) is 11.1. The molecule has 1 aromatic heterocycles. The first kappa shape index (κ1) is 16.9. The van der Waals surface area contributed by atoms with Crippen LogP contribution < -0.4 is 0 Å². The minimum absolute atomic E-state index is 0.418. The SMILES string of the molecule is CCCc1cc(-c2nc(Br)c3n2C[C@@H](CF)OCC3)ccc1Cl. The number of nitrogens with zero attached hydrogens (tertiary/aromatic N) is 2. The van der Waals surface area contributed by atoms with E-state index in [-0.39, 0.29) is 0 Å². The summed E-state index contributed by atoms with van der Waals surface area (Å²) in [5, 5.41) is 0.780. The lowest BCUT2D eigenvalue weighted by Gasteiger charge is -2.14. The first-order valence-corrected chi connectivity index (χ1v) is 9.02. The summed E-state index contributed by atoms with van der Waals surface area (Å²) in [6, 6.07) is 5.97. The highest BCUT2D eigenvalue weighted by Gasteiger charge is 2.24. The van der Waals surface area contributed by atoms with Crippen LogP contribution in [0.25, 0.3) is 11.4 Å². The number of aromatic nitrogens is 2. The molecule has 6 heteroatoms. The molecule has 3 nitrogen and oxygen atoms in total. The lowest BCUT2D eigenvalue weighted by Crippen LogP contribution is -2.21. The van der Waals surface area contributed by atoms with Crippen LogP contribution in [0.5, 0.6) is 0 Å². The summed E-state index contributed by atoms with van der Waals surface area (Å²) in [6.45, 7) is 2.63. The predicted molar refractivity (Wildman–Crippen MR) is 93.8 cm³/mol. The summed E-state index contributed by atoms with van der Waals surface area (Å²) in [7, 11) is 0. The van der Waals surface area contributed by atoms with Crippen molar-refractivity contribution in [3.63, 3.8) is 0 Å². The van der Waals surface area contributed by atoms with E-state index in [2.05, 4.69) is 38.5 Å². The fraction of sp³-hybridized carbons (Fsp3) is 0.471. The molecule has 0 unspecified atom stereocenters. The Hall–Kier alpha value is -0.910. The molecule has 0 spiro atoms. The van der Waals surface area contributed by atoms with Crippen molar-refractivity contribution in [2.45, 2.75) is 38.8 Å². The van der Waals surface area contributed by atoms with Crippen LogP contribution in [0.2, 0.25) is 5.02 Å². The lowest BCUT2D eigenvalue weighted by molar-refractivity contribution is 0.0355. The second-order valence-electron chi connectivity index (χ2n) is 5.74. The number of hydrogen-bond donors (Lipinski definition) is 0. The molecule has 1 atom stereocenters. The summed E-state index contributed by atoms with van der Waals surface area (Å²) in [5.74, 6) is 0.838. The quantitative estimate of drug-likeness (QED) is 0.734. The van der Waals surface area contributed by atoms with Crippen LogP contribution in [0, 0.1) is 0 Å². The van der Waals surface area contributed by atoms with Crippen LogP contribution in [-0.2, 0) is 24.1 Å². The van der Waals surface area contributed by atoms with Crippen molar-refractivity contribution in [1.29, 1.82) is 0 Å². The second-order valence-corrected chi connectivity index (χ2v) is 6.90. The Kier molecular flexibility index (Phi) is 5.39. The van der Waals surface area contributed by atoms with Crippen molar-refractivity contribution in [3.05, 3.63) is 39.1 Å². The molecular weight excluding hydrogens is 383 g/mol. The number of rotatable bonds is 4. The third-order valence-electron chi connectivity index (χ3n) is 4.10. The molecule has 0 saturated carbocycles. The van der Waals surface area contributed by atoms with Gasteiger partial charge in [0.15, 0.2) is 0 Å². The van der Waals surface area contributed by atoms with Gasteiger partial charge in [-0.2, -0.15) is 0 Å². The van der Waals surface area contributed by atoms with Gasteiger partial charge in [-0.1, -0.05) is 24.9 Å².